The quantitative estimate of drug-likeness (QED) is 0.887. The van der Waals surface area contributed by atoms with Crippen molar-refractivity contribution in [2.24, 2.45) is 0 Å². The maximum Gasteiger partial charge on any atom is 0.243 e. The van der Waals surface area contributed by atoms with E-state index in [0.29, 0.717) is 19.0 Å². The Morgan fingerprint density at radius 2 is 1.92 bits per heavy atom. The minimum atomic E-state index is -0.710. The van der Waals surface area contributed by atoms with Gasteiger partial charge in [-0.2, -0.15) is 5.26 Å². The summed E-state index contributed by atoms with van der Waals surface area (Å²) in [5.41, 5.74) is 0.0782. The van der Waals surface area contributed by atoms with Gasteiger partial charge in [0.25, 0.3) is 0 Å². The van der Waals surface area contributed by atoms with E-state index < -0.39 is 11.6 Å². The highest BCUT2D eigenvalue weighted by Crippen LogP contribution is 2.33. The smallest absolute Gasteiger partial charge is 0.243 e. The Morgan fingerprint density at radius 3 is 2.62 bits per heavy atom. The third kappa shape index (κ3) is 3.56. The van der Waals surface area contributed by atoms with Gasteiger partial charge in [0.05, 0.1) is 6.07 Å². The first kappa shape index (κ1) is 16.4. The van der Waals surface area contributed by atoms with E-state index in [2.05, 4.69) is 16.7 Å². The van der Waals surface area contributed by atoms with Crippen molar-refractivity contribution >= 4 is 11.6 Å². The fraction of sp³-hybridized carbons (Fsp3) is 0.556. The summed E-state index contributed by atoms with van der Waals surface area (Å²) in [4.78, 5) is 12.5. The number of rotatable bonds is 4. The second-order valence-electron chi connectivity index (χ2n) is 6.47. The van der Waals surface area contributed by atoms with Gasteiger partial charge in [-0.05, 0) is 31.9 Å². The number of ether oxygens (including phenoxy) is 2. The summed E-state index contributed by atoms with van der Waals surface area (Å²) in [5.74, 6) is 1.24. The molecule has 128 valence electrons. The number of amides is 1. The number of carbonyl (C=O) groups is 1. The molecule has 0 radical (unpaired) electrons. The lowest BCUT2D eigenvalue weighted by Gasteiger charge is -2.32. The van der Waals surface area contributed by atoms with Crippen molar-refractivity contribution in [3.63, 3.8) is 0 Å². The molecular formula is C18H23N3O3. The van der Waals surface area contributed by atoms with Crippen LogP contribution in [0.5, 0.6) is 11.5 Å². The highest BCUT2D eigenvalue weighted by molar-refractivity contribution is 5.85. The lowest BCUT2D eigenvalue weighted by atomic mass is 9.82. The predicted octanol–water partition coefficient (Wildman–Crippen LogP) is 2.60. The van der Waals surface area contributed by atoms with Gasteiger partial charge >= 0.3 is 0 Å². The topological polar surface area (TPSA) is 83.4 Å². The molecule has 1 heterocycles. The molecule has 24 heavy (non-hydrogen) atoms. The lowest BCUT2D eigenvalue weighted by Crippen LogP contribution is -2.52. The number of nitrogens with zero attached hydrogens (tertiary/aromatic N) is 1. The highest BCUT2D eigenvalue weighted by Gasteiger charge is 2.34. The first-order valence-electron chi connectivity index (χ1n) is 8.51. The van der Waals surface area contributed by atoms with Crippen LogP contribution in [0, 0.1) is 11.3 Å². The number of hydrogen-bond acceptors (Lipinski definition) is 5. The number of nitriles is 1. The van der Waals surface area contributed by atoms with E-state index >= 15 is 0 Å². The Balaban J connectivity index is 1.63. The average molecular weight is 329 g/mol. The van der Waals surface area contributed by atoms with Crippen LogP contribution in [0.4, 0.5) is 5.69 Å². The Morgan fingerprint density at radius 1 is 1.21 bits per heavy atom. The zero-order valence-electron chi connectivity index (χ0n) is 13.9. The van der Waals surface area contributed by atoms with Crippen LogP contribution in [0.15, 0.2) is 18.2 Å². The molecule has 1 fully saturated rings. The SMILES string of the molecule is C[C@H](Nc1ccc2c(c1)OCCO2)C(=O)NC1(C#N)CCCCC1. The number of benzene rings is 1. The molecule has 1 atom stereocenters. The molecule has 1 aromatic carbocycles. The maximum absolute atomic E-state index is 12.5. The minimum absolute atomic E-state index is 0.159. The molecule has 1 aliphatic heterocycles. The standard InChI is InChI=1S/C18H23N3O3/c1-13(17(22)21-18(12-19)7-3-2-4-8-18)20-14-5-6-15-16(11-14)24-10-9-23-15/h5-6,11,13,20H,2-4,7-10H2,1H3,(H,21,22)/t13-/m0/s1. The van der Waals surface area contributed by atoms with Crippen molar-refractivity contribution in [3.05, 3.63) is 18.2 Å². The van der Waals surface area contributed by atoms with Crippen LogP contribution < -0.4 is 20.1 Å². The van der Waals surface area contributed by atoms with Crippen LogP contribution >= 0.6 is 0 Å². The van der Waals surface area contributed by atoms with E-state index in [-0.39, 0.29) is 5.91 Å². The van der Waals surface area contributed by atoms with Crippen LogP contribution in [0.25, 0.3) is 0 Å². The van der Waals surface area contributed by atoms with Crippen molar-refractivity contribution in [3.8, 4) is 17.6 Å². The molecule has 1 aromatic rings. The molecule has 6 nitrogen and oxygen atoms in total. The number of hydrogen-bond donors (Lipinski definition) is 2. The Labute approximate surface area is 142 Å². The van der Waals surface area contributed by atoms with Gasteiger partial charge in [0.15, 0.2) is 11.5 Å². The molecule has 1 amide bonds. The second kappa shape index (κ2) is 7.00. The Kier molecular flexibility index (Phi) is 4.79. The first-order valence-corrected chi connectivity index (χ1v) is 8.51. The fourth-order valence-corrected chi connectivity index (χ4v) is 3.21. The number of anilines is 1. The van der Waals surface area contributed by atoms with E-state index in [4.69, 9.17) is 9.47 Å². The van der Waals surface area contributed by atoms with Gasteiger partial charge in [0.1, 0.15) is 24.8 Å². The molecular weight excluding hydrogens is 306 g/mol. The summed E-state index contributed by atoms with van der Waals surface area (Å²) in [6.45, 7) is 2.87. The van der Waals surface area contributed by atoms with Gasteiger partial charge in [-0.1, -0.05) is 19.3 Å². The molecule has 6 heteroatoms. The summed E-state index contributed by atoms with van der Waals surface area (Å²) in [6.07, 6.45) is 4.55. The van der Waals surface area contributed by atoms with Crippen LogP contribution in [-0.4, -0.2) is 30.7 Å². The van der Waals surface area contributed by atoms with Crippen LogP contribution in [0.2, 0.25) is 0 Å². The van der Waals surface area contributed by atoms with Crippen LogP contribution in [-0.2, 0) is 4.79 Å². The van der Waals surface area contributed by atoms with Gasteiger partial charge in [0, 0.05) is 11.8 Å². The van der Waals surface area contributed by atoms with Crippen molar-refractivity contribution in [1.82, 2.24) is 5.32 Å². The normalized spacial score (nSPS) is 19.7. The second-order valence-corrected chi connectivity index (χ2v) is 6.47. The molecule has 2 N–H and O–H groups in total. The minimum Gasteiger partial charge on any atom is -0.486 e. The molecule has 0 saturated heterocycles. The van der Waals surface area contributed by atoms with Gasteiger partial charge in [-0.25, -0.2) is 0 Å². The molecule has 0 spiro atoms. The third-order valence-electron chi connectivity index (χ3n) is 4.60. The average Bonchev–Trinajstić information content (AvgIpc) is 2.62. The number of fused-ring (bicyclic) bond motifs is 1. The van der Waals surface area contributed by atoms with E-state index in [0.717, 1.165) is 43.5 Å². The molecule has 1 saturated carbocycles. The Bertz CT molecular complexity index is 647. The summed E-state index contributed by atoms with van der Waals surface area (Å²) in [7, 11) is 0. The molecule has 3 rings (SSSR count). The fourth-order valence-electron chi connectivity index (χ4n) is 3.21. The van der Waals surface area contributed by atoms with E-state index in [1.807, 2.05) is 18.2 Å². The molecule has 0 bridgehead atoms. The molecule has 2 aliphatic rings. The highest BCUT2D eigenvalue weighted by atomic mass is 16.6. The first-order chi connectivity index (χ1) is 11.6. The van der Waals surface area contributed by atoms with Crippen LogP contribution in [0.3, 0.4) is 0 Å². The molecule has 0 aromatic heterocycles. The zero-order valence-corrected chi connectivity index (χ0v) is 13.9. The van der Waals surface area contributed by atoms with Gasteiger partial charge in [-0.3, -0.25) is 4.79 Å². The number of carbonyl (C=O) groups excluding carboxylic acids is 1. The van der Waals surface area contributed by atoms with Gasteiger partial charge in [0.2, 0.25) is 5.91 Å². The monoisotopic (exact) mass is 329 g/mol. The Hall–Kier alpha value is -2.42. The van der Waals surface area contributed by atoms with Crippen molar-refractivity contribution in [2.45, 2.75) is 50.6 Å². The summed E-state index contributed by atoms with van der Waals surface area (Å²) < 4.78 is 11.0. The number of nitrogens with one attached hydrogen (secondary N) is 2. The van der Waals surface area contributed by atoms with Crippen molar-refractivity contribution in [2.75, 3.05) is 18.5 Å². The van der Waals surface area contributed by atoms with Crippen molar-refractivity contribution < 1.29 is 14.3 Å². The molecule has 1 aliphatic carbocycles. The molecule has 0 unspecified atom stereocenters. The van der Waals surface area contributed by atoms with E-state index in [1.165, 1.54) is 0 Å². The summed E-state index contributed by atoms with van der Waals surface area (Å²) >= 11 is 0. The maximum atomic E-state index is 12.5. The van der Waals surface area contributed by atoms with Crippen LogP contribution in [0.1, 0.15) is 39.0 Å². The zero-order chi connectivity index (χ0) is 17.0. The van der Waals surface area contributed by atoms with Crippen molar-refractivity contribution in [1.29, 1.82) is 5.26 Å². The third-order valence-corrected chi connectivity index (χ3v) is 4.60. The summed E-state index contributed by atoms with van der Waals surface area (Å²) in [6, 6.07) is 7.39. The summed E-state index contributed by atoms with van der Waals surface area (Å²) in [5, 5.41) is 15.6. The van der Waals surface area contributed by atoms with E-state index in [1.54, 1.807) is 6.92 Å². The largest absolute Gasteiger partial charge is 0.486 e. The predicted molar refractivity (Wildman–Crippen MR) is 90.1 cm³/mol. The van der Waals surface area contributed by atoms with Gasteiger partial charge in [-0.15, -0.1) is 0 Å². The van der Waals surface area contributed by atoms with Gasteiger partial charge < -0.3 is 20.1 Å². The lowest BCUT2D eigenvalue weighted by molar-refractivity contribution is -0.123. The van der Waals surface area contributed by atoms with E-state index in [9.17, 15) is 10.1 Å².